The Hall–Kier alpha value is -1.84. The molecule has 2 unspecified atom stereocenters. The van der Waals surface area contributed by atoms with Gasteiger partial charge in [-0.05, 0) is 60.5 Å². The fraction of sp³-hybridized carbons (Fsp3) is 0.636. The molecular weight excluding hydrogens is 328 g/mol. The molecule has 0 saturated heterocycles. The molecule has 0 aliphatic carbocycles. The lowest BCUT2D eigenvalue weighted by Gasteiger charge is -2.23. The largest absolute Gasteiger partial charge is 0.545 e. The van der Waals surface area contributed by atoms with E-state index in [0.717, 1.165) is 24.8 Å². The van der Waals surface area contributed by atoms with E-state index in [2.05, 4.69) is 41.5 Å². The normalized spacial score (nSPS) is 13.8. The fourth-order valence-corrected chi connectivity index (χ4v) is 3.04. The van der Waals surface area contributed by atoms with E-state index in [1.165, 1.54) is 6.07 Å². The van der Waals surface area contributed by atoms with Gasteiger partial charge in [-0.2, -0.15) is 0 Å². The van der Waals surface area contributed by atoms with E-state index in [0.29, 0.717) is 35.7 Å². The standard InChI is InChI=1S/C22H34O4/c1-13(2)15(5)7-9-17-10-12-19(21(23)24)20(22(25)26)18(17)11-8-16(6)14(3)4/h10,12-16H,7-9,11H2,1-6H3,(H,23,24)(H,25,26)/p-2. The molecule has 1 rings (SSSR count). The van der Waals surface area contributed by atoms with E-state index >= 15 is 0 Å². The average Bonchev–Trinajstić information content (AvgIpc) is 2.56. The van der Waals surface area contributed by atoms with Crippen molar-refractivity contribution in [3.63, 3.8) is 0 Å². The fourth-order valence-electron chi connectivity index (χ4n) is 3.04. The molecule has 0 fully saturated rings. The molecule has 0 saturated carbocycles. The van der Waals surface area contributed by atoms with E-state index in [9.17, 15) is 19.8 Å². The van der Waals surface area contributed by atoms with Crippen LogP contribution in [-0.4, -0.2) is 11.9 Å². The van der Waals surface area contributed by atoms with Crippen molar-refractivity contribution in [1.29, 1.82) is 0 Å². The van der Waals surface area contributed by atoms with Gasteiger partial charge in [0.1, 0.15) is 0 Å². The summed E-state index contributed by atoms with van der Waals surface area (Å²) in [5, 5.41) is 23.1. The Bertz CT molecular complexity index is 631. The Labute approximate surface area is 157 Å². The molecule has 2 atom stereocenters. The Morgan fingerprint density at radius 1 is 0.808 bits per heavy atom. The summed E-state index contributed by atoms with van der Waals surface area (Å²) in [7, 11) is 0. The van der Waals surface area contributed by atoms with Crippen LogP contribution < -0.4 is 10.2 Å². The van der Waals surface area contributed by atoms with Gasteiger partial charge < -0.3 is 19.8 Å². The molecule has 0 amide bonds. The minimum atomic E-state index is -1.47. The number of benzene rings is 1. The third-order valence-corrected chi connectivity index (χ3v) is 5.83. The summed E-state index contributed by atoms with van der Waals surface area (Å²) in [6.45, 7) is 12.9. The summed E-state index contributed by atoms with van der Waals surface area (Å²) in [6.07, 6.45) is 3.01. The van der Waals surface area contributed by atoms with Crippen molar-refractivity contribution in [1.82, 2.24) is 0 Å². The molecule has 146 valence electrons. The Morgan fingerprint density at radius 2 is 1.31 bits per heavy atom. The molecule has 1 aromatic rings. The van der Waals surface area contributed by atoms with Crippen molar-refractivity contribution in [3.05, 3.63) is 34.4 Å². The van der Waals surface area contributed by atoms with Gasteiger partial charge in [0.2, 0.25) is 0 Å². The van der Waals surface area contributed by atoms with Crippen LogP contribution in [0.15, 0.2) is 12.1 Å². The van der Waals surface area contributed by atoms with Gasteiger partial charge in [-0.1, -0.05) is 53.7 Å². The molecule has 0 spiro atoms. The Balaban J connectivity index is 3.28. The maximum absolute atomic E-state index is 11.7. The number of hydrogen-bond donors (Lipinski definition) is 0. The Morgan fingerprint density at radius 3 is 1.73 bits per heavy atom. The highest BCUT2D eigenvalue weighted by Crippen LogP contribution is 2.27. The maximum atomic E-state index is 11.7. The maximum Gasteiger partial charge on any atom is 0.0724 e. The number of aromatic carboxylic acids is 2. The van der Waals surface area contributed by atoms with Crippen LogP contribution in [0.1, 0.15) is 86.2 Å². The van der Waals surface area contributed by atoms with Crippen molar-refractivity contribution < 1.29 is 19.8 Å². The lowest BCUT2D eigenvalue weighted by atomic mass is 9.84. The van der Waals surface area contributed by atoms with Crippen molar-refractivity contribution in [3.8, 4) is 0 Å². The number of carboxylic acid groups (broad SMARTS) is 2. The van der Waals surface area contributed by atoms with Gasteiger partial charge in [0.15, 0.2) is 0 Å². The summed E-state index contributed by atoms with van der Waals surface area (Å²) in [5.41, 5.74) is 1.04. The van der Waals surface area contributed by atoms with Crippen molar-refractivity contribution >= 4 is 11.9 Å². The van der Waals surface area contributed by atoms with Crippen LogP contribution >= 0.6 is 0 Å². The summed E-state index contributed by atoms with van der Waals surface area (Å²) >= 11 is 0. The number of rotatable bonds is 10. The second kappa shape index (κ2) is 9.75. The molecule has 0 heterocycles. The first-order valence-corrected chi connectivity index (χ1v) is 9.63. The highest BCUT2D eigenvalue weighted by Gasteiger charge is 2.18. The van der Waals surface area contributed by atoms with Gasteiger partial charge in [0.05, 0.1) is 11.9 Å². The number of carboxylic acids is 2. The van der Waals surface area contributed by atoms with Crippen LogP contribution in [-0.2, 0) is 12.8 Å². The van der Waals surface area contributed by atoms with Crippen molar-refractivity contribution in [2.45, 2.75) is 67.2 Å². The lowest BCUT2D eigenvalue weighted by molar-refractivity contribution is -0.259. The predicted molar refractivity (Wildman–Crippen MR) is 99.7 cm³/mol. The van der Waals surface area contributed by atoms with Crippen LogP contribution in [0.3, 0.4) is 0 Å². The van der Waals surface area contributed by atoms with Crippen molar-refractivity contribution in [2.24, 2.45) is 23.7 Å². The van der Waals surface area contributed by atoms with Gasteiger partial charge >= 0.3 is 0 Å². The quantitative estimate of drug-likeness (QED) is 0.642. The van der Waals surface area contributed by atoms with E-state index in [-0.39, 0.29) is 11.1 Å². The number of aryl methyl sites for hydroxylation is 1. The first-order chi connectivity index (χ1) is 12.1. The first kappa shape index (κ1) is 22.2. The second-order valence-electron chi connectivity index (χ2n) is 8.22. The highest BCUT2D eigenvalue weighted by atomic mass is 16.4. The average molecular weight is 360 g/mol. The number of carbonyl (C=O) groups is 2. The van der Waals surface area contributed by atoms with Crippen molar-refractivity contribution in [2.75, 3.05) is 0 Å². The van der Waals surface area contributed by atoms with Gasteiger partial charge in [0, 0.05) is 11.1 Å². The molecule has 0 bridgehead atoms. The van der Waals surface area contributed by atoms with Crippen LogP contribution in [0.4, 0.5) is 0 Å². The van der Waals surface area contributed by atoms with Gasteiger partial charge in [-0.3, -0.25) is 0 Å². The van der Waals surface area contributed by atoms with E-state index in [4.69, 9.17) is 0 Å². The smallest absolute Gasteiger partial charge is 0.0724 e. The molecule has 4 nitrogen and oxygen atoms in total. The van der Waals surface area contributed by atoms with Gasteiger partial charge in [-0.15, -0.1) is 0 Å². The highest BCUT2D eigenvalue weighted by molar-refractivity contribution is 6.01. The summed E-state index contributed by atoms with van der Waals surface area (Å²) in [5.74, 6) is -0.958. The summed E-state index contributed by atoms with van der Waals surface area (Å²) in [4.78, 5) is 23.1. The van der Waals surface area contributed by atoms with Gasteiger partial charge in [-0.25, -0.2) is 0 Å². The third kappa shape index (κ3) is 5.86. The molecule has 0 aliphatic heterocycles. The molecule has 1 aromatic carbocycles. The zero-order chi connectivity index (χ0) is 20.0. The lowest BCUT2D eigenvalue weighted by Crippen LogP contribution is -2.32. The number of hydrogen-bond acceptors (Lipinski definition) is 4. The Kier molecular flexibility index (Phi) is 8.32. The minimum absolute atomic E-state index is 0.198. The molecular formula is C22H32O4-2. The van der Waals surface area contributed by atoms with E-state index < -0.39 is 11.9 Å². The predicted octanol–water partition coefficient (Wildman–Crippen LogP) is 2.86. The van der Waals surface area contributed by atoms with Crippen LogP contribution in [0.5, 0.6) is 0 Å². The van der Waals surface area contributed by atoms with Crippen LogP contribution in [0.25, 0.3) is 0 Å². The molecule has 26 heavy (non-hydrogen) atoms. The van der Waals surface area contributed by atoms with E-state index in [1.54, 1.807) is 6.07 Å². The minimum Gasteiger partial charge on any atom is -0.545 e. The molecule has 0 aliphatic rings. The molecule has 0 aromatic heterocycles. The third-order valence-electron chi connectivity index (χ3n) is 5.83. The molecule has 0 radical (unpaired) electrons. The van der Waals surface area contributed by atoms with E-state index in [1.807, 2.05) is 0 Å². The van der Waals surface area contributed by atoms with Gasteiger partial charge in [0.25, 0.3) is 0 Å². The monoisotopic (exact) mass is 360 g/mol. The SMILES string of the molecule is CC(C)C(C)CCc1ccc(C(=O)[O-])c(C(=O)[O-])c1CCC(C)C(C)C. The topological polar surface area (TPSA) is 80.3 Å². The zero-order valence-corrected chi connectivity index (χ0v) is 16.9. The zero-order valence-electron chi connectivity index (χ0n) is 16.9. The molecule has 0 N–H and O–H groups in total. The summed E-state index contributed by atoms with van der Waals surface area (Å²) in [6, 6.07) is 3.10. The van der Waals surface area contributed by atoms with Crippen LogP contribution in [0.2, 0.25) is 0 Å². The second-order valence-corrected chi connectivity index (χ2v) is 8.22. The first-order valence-electron chi connectivity index (χ1n) is 9.63. The summed E-state index contributed by atoms with van der Waals surface area (Å²) < 4.78 is 0. The number of carbonyl (C=O) groups excluding carboxylic acids is 2. The molecule has 4 heteroatoms. The van der Waals surface area contributed by atoms with Crippen LogP contribution in [0, 0.1) is 23.7 Å².